The highest BCUT2D eigenvalue weighted by Crippen LogP contribution is 2.29. The maximum atomic E-state index is 14.1. The SMILES string of the molecule is CCC(C)NC(=O)C(CC)N(Cc1c(Cl)cccc1Cl)C(=O)CN(c1ccc(OC)cc1)S(=O)(=O)c1ccccc1. The Kier molecular flexibility index (Phi) is 11.5. The van der Waals surface area contributed by atoms with Crippen LogP contribution in [0.15, 0.2) is 77.7 Å². The van der Waals surface area contributed by atoms with E-state index < -0.39 is 28.5 Å². The first-order valence-corrected chi connectivity index (χ1v) is 15.5. The van der Waals surface area contributed by atoms with Gasteiger partial charge < -0.3 is 15.0 Å². The van der Waals surface area contributed by atoms with E-state index in [0.29, 0.717) is 27.8 Å². The first-order valence-electron chi connectivity index (χ1n) is 13.3. The van der Waals surface area contributed by atoms with Crippen molar-refractivity contribution in [3.63, 3.8) is 0 Å². The van der Waals surface area contributed by atoms with Gasteiger partial charge in [-0.15, -0.1) is 0 Å². The van der Waals surface area contributed by atoms with E-state index in [9.17, 15) is 18.0 Å². The number of ether oxygens (including phenoxy) is 1. The largest absolute Gasteiger partial charge is 0.497 e. The topological polar surface area (TPSA) is 96.0 Å². The molecule has 11 heteroatoms. The fraction of sp³-hybridized carbons (Fsp3) is 0.333. The molecule has 0 aliphatic rings. The van der Waals surface area contributed by atoms with E-state index >= 15 is 0 Å². The molecule has 0 bridgehead atoms. The second-order valence-corrected chi connectivity index (χ2v) is 12.2. The molecule has 0 aliphatic heterocycles. The summed E-state index contributed by atoms with van der Waals surface area (Å²) in [6.45, 7) is 4.95. The minimum absolute atomic E-state index is 0.0193. The molecule has 0 saturated carbocycles. The molecule has 41 heavy (non-hydrogen) atoms. The standard InChI is InChI=1S/C30H35Cl2N3O5S/c1-5-21(3)33-30(37)28(6-2)34(19-25-26(31)13-10-14-27(25)32)29(36)20-35(22-15-17-23(40-4)18-16-22)41(38,39)24-11-8-7-9-12-24/h7-18,21,28H,5-6,19-20H2,1-4H3,(H,33,37). The molecule has 0 saturated heterocycles. The summed E-state index contributed by atoms with van der Waals surface area (Å²) < 4.78 is 34.0. The van der Waals surface area contributed by atoms with Crippen molar-refractivity contribution in [2.75, 3.05) is 18.0 Å². The normalized spacial score (nSPS) is 12.7. The third-order valence-electron chi connectivity index (χ3n) is 6.75. The number of rotatable bonds is 13. The van der Waals surface area contributed by atoms with Crippen molar-refractivity contribution >= 4 is 50.7 Å². The molecule has 0 radical (unpaired) electrons. The highest BCUT2D eigenvalue weighted by Gasteiger charge is 2.34. The Bertz CT molecular complexity index is 1420. The van der Waals surface area contributed by atoms with E-state index in [0.717, 1.165) is 4.31 Å². The zero-order valence-electron chi connectivity index (χ0n) is 23.5. The van der Waals surface area contributed by atoms with Gasteiger partial charge in [0.2, 0.25) is 11.8 Å². The van der Waals surface area contributed by atoms with Crippen molar-refractivity contribution in [1.29, 1.82) is 0 Å². The third kappa shape index (κ3) is 7.93. The van der Waals surface area contributed by atoms with E-state index in [2.05, 4.69) is 5.32 Å². The van der Waals surface area contributed by atoms with E-state index in [4.69, 9.17) is 27.9 Å². The Labute approximate surface area is 252 Å². The number of carbonyl (C=O) groups is 2. The molecule has 2 amide bonds. The quantitative estimate of drug-likeness (QED) is 0.256. The van der Waals surface area contributed by atoms with E-state index in [-0.39, 0.29) is 35.5 Å². The lowest BCUT2D eigenvalue weighted by Gasteiger charge is -2.34. The number of halogens is 2. The highest BCUT2D eigenvalue weighted by molar-refractivity contribution is 7.92. The number of nitrogens with zero attached hydrogens (tertiary/aromatic N) is 2. The smallest absolute Gasteiger partial charge is 0.264 e. The maximum absolute atomic E-state index is 14.1. The van der Waals surface area contributed by atoms with Crippen LogP contribution in [0.1, 0.15) is 39.2 Å². The predicted octanol–water partition coefficient (Wildman–Crippen LogP) is 5.92. The summed E-state index contributed by atoms with van der Waals surface area (Å²) >= 11 is 12.9. The van der Waals surface area contributed by atoms with Gasteiger partial charge in [0, 0.05) is 28.2 Å². The van der Waals surface area contributed by atoms with Crippen LogP contribution >= 0.6 is 23.2 Å². The number of sulfonamides is 1. The number of nitrogens with one attached hydrogen (secondary N) is 1. The molecule has 1 N–H and O–H groups in total. The molecular weight excluding hydrogens is 585 g/mol. The molecular formula is C30H35Cl2N3O5S. The molecule has 3 aromatic rings. The molecule has 8 nitrogen and oxygen atoms in total. The second kappa shape index (κ2) is 14.6. The number of carbonyl (C=O) groups excluding carboxylic acids is 2. The van der Waals surface area contributed by atoms with Crippen LogP contribution in [-0.2, 0) is 26.2 Å². The van der Waals surface area contributed by atoms with Gasteiger partial charge in [0.05, 0.1) is 17.7 Å². The van der Waals surface area contributed by atoms with Gasteiger partial charge >= 0.3 is 0 Å². The number of hydrogen-bond donors (Lipinski definition) is 1. The van der Waals surface area contributed by atoms with Gasteiger partial charge in [0.25, 0.3) is 10.0 Å². The Balaban J connectivity index is 2.09. The molecule has 0 heterocycles. The van der Waals surface area contributed by atoms with Gasteiger partial charge in [-0.1, -0.05) is 61.3 Å². The second-order valence-electron chi connectivity index (χ2n) is 9.49. The first kappa shape index (κ1) is 32.2. The van der Waals surface area contributed by atoms with Gasteiger partial charge in [-0.05, 0) is 68.3 Å². The predicted molar refractivity (Wildman–Crippen MR) is 163 cm³/mol. The Morgan fingerprint density at radius 2 is 1.51 bits per heavy atom. The molecule has 0 aliphatic carbocycles. The molecule has 0 aromatic heterocycles. The number of benzene rings is 3. The van der Waals surface area contributed by atoms with Crippen LogP contribution in [0.4, 0.5) is 5.69 Å². The van der Waals surface area contributed by atoms with Gasteiger partial charge in [0.15, 0.2) is 0 Å². The number of amides is 2. The van der Waals surface area contributed by atoms with E-state index in [1.807, 2.05) is 13.8 Å². The Hall–Kier alpha value is -3.27. The monoisotopic (exact) mass is 619 g/mol. The van der Waals surface area contributed by atoms with Crippen LogP contribution in [0.25, 0.3) is 0 Å². The van der Waals surface area contributed by atoms with Crippen LogP contribution < -0.4 is 14.4 Å². The summed E-state index contributed by atoms with van der Waals surface area (Å²) in [7, 11) is -2.67. The molecule has 3 aromatic carbocycles. The average molecular weight is 621 g/mol. The minimum atomic E-state index is -4.17. The first-order chi connectivity index (χ1) is 19.5. The lowest BCUT2D eigenvalue weighted by atomic mass is 10.1. The molecule has 2 unspecified atom stereocenters. The van der Waals surface area contributed by atoms with Crippen LogP contribution in [0.5, 0.6) is 5.75 Å². The molecule has 220 valence electrons. The fourth-order valence-electron chi connectivity index (χ4n) is 4.21. The van der Waals surface area contributed by atoms with E-state index in [1.54, 1.807) is 67.6 Å². The summed E-state index contributed by atoms with van der Waals surface area (Å²) in [5, 5.41) is 3.60. The zero-order chi connectivity index (χ0) is 30.2. The van der Waals surface area contributed by atoms with Crippen LogP contribution in [-0.4, -0.2) is 50.9 Å². The Morgan fingerprint density at radius 1 is 0.902 bits per heavy atom. The van der Waals surface area contributed by atoms with Gasteiger partial charge in [0.1, 0.15) is 18.3 Å². The lowest BCUT2D eigenvalue weighted by Crippen LogP contribution is -2.53. The van der Waals surface area contributed by atoms with Crippen molar-refractivity contribution in [2.24, 2.45) is 0 Å². The van der Waals surface area contributed by atoms with Crippen molar-refractivity contribution in [2.45, 2.75) is 57.1 Å². The van der Waals surface area contributed by atoms with Crippen LogP contribution in [0.3, 0.4) is 0 Å². The lowest BCUT2D eigenvalue weighted by molar-refractivity contribution is -0.140. The zero-order valence-corrected chi connectivity index (χ0v) is 25.8. The van der Waals surface area contributed by atoms with Crippen molar-refractivity contribution in [1.82, 2.24) is 10.2 Å². The van der Waals surface area contributed by atoms with Gasteiger partial charge in [-0.25, -0.2) is 8.42 Å². The summed E-state index contributed by atoms with van der Waals surface area (Å²) in [6.07, 6.45) is 0.983. The van der Waals surface area contributed by atoms with E-state index in [1.165, 1.54) is 24.1 Å². The summed E-state index contributed by atoms with van der Waals surface area (Å²) in [4.78, 5) is 28.9. The fourth-order valence-corrected chi connectivity index (χ4v) is 6.16. The molecule has 2 atom stereocenters. The van der Waals surface area contributed by atoms with Gasteiger partial charge in [-0.3, -0.25) is 13.9 Å². The highest BCUT2D eigenvalue weighted by atomic mass is 35.5. The van der Waals surface area contributed by atoms with Crippen molar-refractivity contribution in [3.05, 3.63) is 88.4 Å². The third-order valence-corrected chi connectivity index (χ3v) is 9.24. The average Bonchev–Trinajstić information content (AvgIpc) is 2.97. The summed E-state index contributed by atoms with van der Waals surface area (Å²) in [5.74, 6) is -0.414. The number of methoxy groups -OCH3 is 1. The van der Waals surface area contributed by atoms with Crippen molar-refractivity contribution in [3.8, 4) is 5.75 Å². The van der Waals surface area contributed by atoms with Gasteiger partial charge in [-0.2, -0.15) is 0 Å². The summed E-state index contributed by atoms with van der Waals surface area (Å²) in [5.41, 5.74) is 0.719. The Morgan fingerprint density at radius 3 is 2.05 bits per heavy atom. The van der Waals surface area contributed by atoms with Crippen molar-refractivity contribution < 1.29 is 22.7 Å². The molecule has 0 fully saturated rings. The van der Waals surface area contributed by atoms with Crippen LogP contribution in [0.2, 0.25) is 10.0 Å². The number of anilines is 1. The molecule has 3 rings (SSSR count). The number of hydrogen-bond acceptors (Lipinski definition) is 5. The maximum Gasteiger partial charge on any atom is 0.264 e. The minimum Gasteiger partial charge on any atom is -0.497 e. The van der Waals surface area contributed by atoms with Crippen LogP contribution in [0, 0.1) is 0 Å². The summed E-state index contributed by atoms with van der Waals surface area (Å²) in [6, 6.07) is 18.2. The molecule has 0 spiro atoms.